The van der Waals surface area contributed by atoms with Gasteiger partial charge in [0.1, 0.15) is 18.0 Å². The second kappa shape index (κ2) is 5.67. The van der Waals surface area contributed by atoms with Crippen molar-refractivity contribution in [3.63, 3.8) is 0 Å². The number of hydrogen-bond acceptors (Lipinski definition) is 5. The normalized spacial score (nSPS) is 19.7. The van der Waals surface area contributed by atoms with Crippen molar-refractivity contribution in [3.05, 3.63) is 12.4 Å². The molecule has 1 aromatic heterocycles. The van der Waals surface area contributed by atoms with Gasteiger partial charge in [0.2, 0.25) is 0 Å². The largest absolute Gasteiger partial charge is 0.368 e. The predicted octanol–water partition coefficient (Wildman–Crippen LogP) is 2.04. The highest BCUT2D eigenvalue weighted by Crippen LogP contribution is 2.22. The van der Waals surface area contributed by atoms with Crippen LogP contribution in [0.3, 0.4) is 0 Å². The van der Waals surface area contributed by atoms with Crippen molar-refractivity contribution in [1.29, 1.82) is 5.26 Å². The molecule has 5 nitrogen and oxygen atoms in total. The second-order valence-electron chi connectivity index (χ2n) is 4.97. The Hall–Kier alpha value is -1.83. The Morgan fingerprint density at radius 1 is 1.50 bits per heavy atom. The summed E-state index contributed by atoms with van der Waals surface area (Å²) < 4.78 is 0. The molecule has 0 saturated carbocycles. The molecular weight excluding hydrogens is 226 g/mol. The van der Waals surface area contributed by atoms with Gasteiger partial charge in [-0.25, -0.2) is 9.97 Å². The number of anilines is 2. The molecule has 5 heteroatoms. The van der Waals surface area contributed by atoms with Crippen LogP contribution in [0.15, 0.2) is 12.4 Å². The van der Waals surface area contributed by atoms with E-state index in [4.69, 9.17) is 5.26 Å². The summed E-state index contributed by atoms with van der Waals surface area (Å²) in [6.07, 6.45) is 3.63. The van der Waals surface area contributed by atoms with E-state index in [1.807, 2.05) is 6.07 Å². The maximum absolute atomic E-state index is 9.01. The summed E-state index contributed by atoms with van der Waals surface area (Å²) in [7, 11) is 0. The minimum absolute atomic E-state index is 0.121. The molecule has 0 spiro atoms. The van der Waals surface area contributed by atoms with Gasteiger partial charge in [-0.1, -0.05) is 0 Å². The fourth-order valence-corrected chi connectivity index (χ4v) is 2.19. The average molecular weight is 245 g/mol. The van der Waals surface area contributed by atoms with E-state index in [1.165, 1.54) is 0 Å². The molecule has 2 rings (SSSR count). The van der Waals surface area contributed by atoms with Gasteiger partial charge in [0.15, 0.2) is 0 Å². The zero-order chi connectivity index (χ0) is 13.0. The molecule has 1 N–H and O–H groups in total. The van der Waals surface area contributed by atoms with Gasteiger partial charge >= 0.3 is 0 Å². The van der Waals surface area contributed by atoms with E-state index in [9.17, 15) is 0 Å². The van der Waals surface area contributed by atoms with Crippen LogP contribution in [0.25, 0.3) is 0 Å². The molecular formula is C13H19N5. The quantitative estimate of drug-likeness (QED) is 0.882. The van der Waals surface area contributed by atoms with Crippen LogP contribution in [0.1, 0.15) is 26.7 Å². The monoisotopic (exact) mass is 245 g/mol. The van der Waals surface area contributed by atoms with E-state index >= 15 is 0 Å². The smallest absolute Gasteiger partial charge is 0.134 e. The van der Waals surface area contributed by atoms with Crippen LogP contribution in [0.5, 0.6) is 0 Å². The maximum atomic E-state index is 9.01. The van der Waals surface area contributed by atoms with Crippen molar-refractivity contribution in [2.24, 2.45) is 5.92 Å². The van der Waals surface area contributed by atoms with Gasteiger partial charge in [0, 0.05) is 25.2 Å². The number of hydrogen-bond donors (Lipinski definition) is 1. The molecule has 0 radical (unpaired) electrons. The first-order valence-corrected chi connectivity index (χ1v) is 6.42. The van der Waals surface area contributed by atoms with Gasteiger partial charge < -0.3 is 10.2 Å². The molecule has 0 aromatic carbocycles. The third kappa shape index (κ3) is 3.10. The van der Waals surface area contributed by atoms with Crippen LogP contribution in [0, 0.1) is 17.2 Å². The highest BCUT2D eigenvalue weighted by atomic mass is 15.2. The summed E-state index contributed by atoms with van der Waals surface area (Å²) in [5.74, 6) is 1.87. The standard InChI is InChI=1S/C13H19N5/c1-10(2)17-12-6-13(16-9-15-12)18-5-3-4-11(7-14)8-18/h6,9-11H,3-5,8H2,1-2H3,(H,15,16,17). The van der Waals surface area contributed by atoms with Crippen LogP contribution < -0.4 is 10.2 Å². The summed E-state index contributed by atoms with van der Waals surface area (Å²) >= 11 is 0. The molecule has 1 saturated heterocycles. The first-order valence-electron chi connectivity index (χ1n) is 6.42. The molecule has 1 aromatic rings. The Balaban J connectivity index is 2.10. The van der Waals surface area contributed by atoms with E-state index in [0.717, 1.165) is 37.6 Å². The third-order valence-electron chi connectivity index (χ3n) is 3.02. The zero-order valence-electron chi connectivity index (χ0n) is 10.9. The Morgan fingerprint density at radius 3 is 3.06 bits per heavy atom. The number of piperidine rings is 1. The molecule has 0 bridgehead atoms. The van der Waals surface area contributed by atoms with Crippen LogP contribution in [0.2, 0.25) is 0 Å². The molecule has 1 fully saturated rings. The molecule has 1 aliphatic rings. The first-order chi connectivity index (χ1) is 8.69. The molecule has 0 amide bonds. The second-order valence-corrected chi connectivity index (χ2v) is 4.97. The summed E-state index contributed by atoms with van der Waals surface area (Å²) in [5, 5.41) is 12.3. The topological polar surface area (TPSA) is 64.8 Å². The molecule has 1 unspecified atom stereocenters. The lowest BCUT2D eigenvalue weighted by Gasteiger charge is -2.30. The third-order valence-corrected chi connectivity index (χ3v) is 3.02. The van der Waals surface area contributed by atoms with Gasteiger partial charge in [0.25, 0.3) is 0 Å². The van der Waals surface area contributed by atoms with Crippen LogP contribution in [-0.2, 0) is 0 Å². The Morgan fingerprint density at radius 2 is 2.33 bits per heavy atom. The van der Waals surface area contributed by atoms with Crippen molar-refractivity contribution in [1.82, 2.24) is 9.97 Å². The Kier molecular flexibility index (Phi) is 3.98. The highest BCUT2D eigenvalue weighted by molar-refractivity contribution is 5.49. The summed E-state index contributed by atoms with van der Waals surface area (Å²) in [4.78, 5) is 10.7. The van der Waals surface area contributed by atoms with Crippen LogP contribution >= 0.6 is 0 Å². The SMILES string of the molecule is CC(C)Nc1cc(N2CCCC(C#N)C2)ncn1. The van der Waals surface area contributed by atoms with Gasteiger partial charge in [-0.3, -0.25) is 0 Å². The minimum atomic E-state index is 0.121. The lowest BCUT2D eigenvalue weighted by molar-refractivity contribution is 0.490. The minimum Gasteiger partial charge on any atom is -0.368 e. The summed E-state index contributed by atoms with van der Waals surface area (Å²) in [6.45, 7) is 5.90. The van der Waals surface area contributed by atoms with Gasteiger partial charge in [-0.15, -0.1) is 0 Å². The van der Waals surface area contributed by atoms with Crippen molar-refractivity contribution >= 4 is 11.6 Å². The fourth-order valence-electron chi connectivity index (χ4n) is 2.19. The van der Waals surface area contributed by atoms with Crippen LogP contribution in [0.4, 0.5) is 11.6 Å². The maximum Gasteiger partial charge on any atom is 0.134 e. The number of rotatable bonds is 3. The molecule has 2 heterocycles. The Labute approximate surface area is 108 Å². The Bertz CT molecular complexity index is 437. The molecule has 18 heavy (non-hydrogen) atoms. The summed E-state index contributed by atoms with van der Waals surface area (Å²) in [6, 6.07) is 4.66. The van der Waals surface area contributed by atoms with Gasteiger partial charge in [0.05, 0.1) is 12.0 Å². The predicted molar refractivity (Wildman–Crippen MR) is 71.3 cm³/mol. The van der Waals surface area contributed by atoms with Crippen molar-refractivity contribution in [2.75, 3.05) is 23.3 Å². The number of nitriles is 1. The molecule has 1 aliphatic heterocycles. The number of nitrogens with zero attached hydrogens (tertiary/aromatic N) is 4. The highest BCUT2D eigenvalue weighted by Gasteiger charge is 2.20. The van der Waals surface area contributed by atoms with Crippen molar-refractivity contribution < 1.29 is 0 Å². The number of nitrogens with one attached hydrogen (secondary N) is 1. The van der Waals surface area contributed by atoms with E-state index in [1.54, 1.807) is 6.33 Å². The summed E-state index contributed by atoms with van der Waals surface area (Å²) in [5.41, 5.74) is 0. The van der Waals surface area contributed by atoms with Crippen molar-refractivity contribution in [3.8, 4) is 6.07 Å². The first kappa shape index (κ1) is 12.6. The van der Waals surface area contributed by atoms with E-state index in [0.29, 0.717) is 6.04 Å². The van der Waals surface area contributed by atoms with Gasteiger partial charge in [-0.05, 0) is 26.7 Å². The van der Waals surface area contributed by atoms with Gasteiger partial charge in [-0.2, -0.15) is 5.26 Å². The molecule has 0 aliphatic carbocycles. The number of aromatic nitrogens is 2. The van der Waals surface area contributed by atoms with Crippen molar-refractivity contribution in [2.45, 2.75) is 32.7 Å². The zero-order valence-corrected chi connectivity index (χ0v) is 10.9. The van der Waals surface area contributed by atoms with Crippen LogP contribution in [-0.4, -0.2) is 29.1 Å². The van der Waals surface area contributed by atoms with E-state index < -0.39 is 0 Å². The molecule has 1 atom stereocenters. The van der Waals surface area contributed by atoms with E-state index in [-0.39, 0.29) is 5.92 Å². The average Bonchev–Trinajstić information content (AvgIpc) is 2.38. The lowest BCUT2D eigenvalue weighted by atomic mass is 10.00. The van der Waals surface area contributed by atoms with E-state index in [2.05, 4.69) is 40.1 Å². The lowest BCUT2D eigenvalue weighted by Crippen LogP contribution is -2.35. The molecule has 96 valence electrons. The fraction of sp³-hybridized carbons (Fsp3) is 0.615.